The highest BCUT2D eigenvalue weighted by atomic mass is 19.3. The Hall–Kier alpha value is -0.260. The van der Waals surface area contributed by atoms with Gasteiger partial charge in [0.15, 0.2) is 0 Å². The van der Waals surface area contributed by atoms with Crippen LogP contribution in [0.25, 0.3) is 0 Å². The first kappa shape index (κ1) is 12.7. The van der Waals surface area contributed by atoms with E-state index in [9.17, 15) is 8.78 Å². The highest BCUT2D eigenvalue weighted by Crippen LogP contribution is 1.90. The average Bonchev–Trinajstić information content (AvgIpc) is 2.01. The molecule has 0 unspecified atom stereocenters. The summed E-state index contributed by atoms with van der Waals surface area (Å²) in [7, 11) is 3.96. The minimum Gasteiger partial charge on any atom is -0.374 e. The zero-order chi connectivity index (χ0) is 10.1. The first-order chi connectivity index (χ1) is 6.13. The van der Waals surface area contributed by atoms with Crippen molar-refractivity contribution in [2.24, 2.45) is 0 Å². The van der Waals surface area contributed by atoms with Crippen molar-refractivity contribution < 1.29 is 13.5 Å². The highest BCUT2D eigenvalue weighted by Gasteiger charge is 2.00. The van der Waals surface area contributed by atoms with E-state index in [2.05, 4.69) is 10.1 Å². The maximum atomic E-state index is 11.6. The Morgan fingerprint density at radius 1 is 1.31 bits per heavy atom. The normalized spacial score (nSPS) is 11.5. The molecular formula is C8H18F2N2O. The number of nitrogens with one attached hydrogen (secondary N) is 1. The van der Waals surface area contributed by atoms with Crippen LogP contribution in [0.5, 0.6) is 0 Å². The SMILES string of the molecule is CN(C)CCNCCOCC(F)F. The van der Waals surface area contributed by atoms with Gasteiger partial charge in [0.1, 0.15) is 6.61 Å². The van der Waals surface area contributed by atoms with E-state index < -0.39 is 13.0 Å². The number of hydrogen-bond acceptors (Lipinski definition) is 3. The Morgan fingerprint density at radius 2 is 2.00 bits per heavy atom. The zero-order valence-electron chi connectivity index (χ0n) is 8.22. The van der Waals surface area contributed by atoms with E-state index in [4.69, 9.17) is 0 Å². The molecular weight excluding hydrogens is 178 g/mol. The maximum Gasteiger partial charge on any atom is 0.261 e. The lowest BCUT2D eigenvalue weighted by Crippen LogP contribution is -2.29. The van der Waals surface area contributed by atoms with E-state index in [0.717, 1.165) is 13.1 Å². The van der Waals surface area contributed by atoms with Crippen LogP contribution in [0, 0.1) is 0 Å². The number of ether oxygens (including phenoxy) is 1. The van der Waals surface area contributed by atoms with Gasteiger partial charge in [-0.15, -0.1) is 0 Å². The van der Waals surface area contributed by atoms with E-state index in [-0.39, 0.29) is 0 Å². The molecule has 0 aliphatic heterocycles. The number of alkyl halides is 2. The van der Waals surface area contributed by atoms with Crippen LogP contribution in [0.15, 0.2) is 0 Å². The van der Waals surface area contributed by atoms with Gasteiger partial charge in [-0.2, -0.15) is 0 Å². The van der Waals surface area contributed by atoms with E-state index in [1.807, 2.05) is 19.0 Å². The fourth-order valence-electron chi connectivity index (χ4n) is 0.744. The molecule has 0 saturated carbocycles. The van der Waals surface area contributed by atoms with Gasteiger partial charge in [-0.05, 0) is 14.1 Å². The molecule has 0 aromatic rings. The van der Waals surface area contributed by atoms with Gasteiger partial charge in [-0.1, -0.05) is 0 Å². The Balaban J connectivity index is 2.92. The monoisotopic (exact) mass is 196 g/mol. The third kappa shape index (κ3) is 11.7. The second kappa shape index (κ2) is 8.34. The summed E-state index contributed by atoms with van der Waals surface area (Å²) in [5.74, 6) is 0. The second-order valence-corrected chi connectivity index (χ2v) is 3.02. The van der Waals surface area contributed by atoms with Crippen molar-refractivity contribution >= 4 is 0 Å². The summed E-state index contributed by atoms with van der Waals surface area (Å²) >= 11 is 0. The Morgan fingerprint density at radius 3 is 2.54 bits per heavy atom. The van der Waals surface area contributed by atoms with Crippen LogP contribution in [0.3, 0.4) is 0 Å². The molecule has 0 fully saturated rings. The maximum absolute atomic E-state index is 11.6. The Kier molecular flexibility index (Phi) is 8.18. The van der Waals surface area contributed by atoms with E-state index in [1.165, 1.54) is 0 Å². The lowest BCUT2D eigenvalue weighted by Gasteiger charge is -2.10. The van der Waals surface area contributed by atoms with Crippen molar-refractivity contribution in [1.29, 1.82) is 0 Å². The molecule has 0 spiro atoms. The average molecular weight is 196 g/mol. The number of rotatable bonds is 8. The summed E-state index contributed by atoms with van der Waals surface area (Å²) in [6.07, 6.45) is -2.36. The Labute approximate surface area is 78.0 Å². The first-order valence-corrected chi connectivity index (χ1v) is 4.34. The van der Waals surface area contributed by atoms with Crippen LogP contribution in [0.4, 0.5) is 8.78 Å². The van der Waals surface area contributed by atoms with Gasteiger partial charge in [0.05, 0.1) is 6.61 Å². The predicted octanol–water partition coefficient (Wildman–Crippen LogP) is 0.419. The third-order valence-electron chi connectivity index (χ3n) is 1.40. The number of likely N-dealkylation sites (N-methyl/N-ethyl adjacent to an activating group) is 1. The standard InChI is InChI=1S/C8H18F2N2O/c1-12(2)5-3-11-4-6-13-7-8(9)10/h8,11H,3-7H2,1-2H3. The fourth-order valence-corrected chi connectivity index (χ4v) is 0.744. The molecule has 80 valence electrons. The molecule has 0 amide bonds. The lowest BCUT2D eigenvalue weighted by molar-refractivity contribution is 0.0187. The number of halogens is 2. The van der Waals surface area contributed by atoms with Crippen molar-refractivity contribution in [3.63, 3.8) is 0 Å². The van der Waals surface area contributed by atoms with Crippen molar-refractivity contribution in [2.75, 3.05) is 46.9 Å². The molecule has 0 bridgehead atoms. The molecule has 0 aliphatic rings. The molecule has 0 radical (unpaired) electrons. The van der Waals surface area contributed by atoms with Crippen molar-refractivity contribution in [2.45, 2.75) is 6.43 Å². The molecule has 0 heterocycles. The van der Waals surface area contributed by atoms with Gasteiger partial charge in [-0.25, -0.2) is 8.78 Å². The summed E-state index contributed by atoms with van der Waals surface area (Å²) in [6.45, 7) is 2.30. The summed E-state index contributed by atoms with van der Waals surface area (Å²) < 4.78 is 27.8. The van der Waals surface area contributed by atoms with Crippen LogP contribution in [0.2, 0.25) is 0 Å². The van der Waals surface area contributed by atoms with E-state index in [0.29, 0.717) is 13.2 Å². The van der Waals surface area contributed by atoms with Crippen molar-refractivity contribution in [3.05, 3.63) is 0 Å². The summed E-state index contributed by atoms with van der Waals surface area (Å²) in [4.78, 5) is 2.05. The summed E-state index contributed by atoms with van der Waals surface area (Å²) in [5, 5.41) is 3.08. The van der Waals surface area contributed by atoms with Crippen LogP contribution in [0.1, 0.15) is 0 Å². The van der Waals surface area contributed by atoms with Crippen LogP contribution < -0.4 is 5.32 Å². The highest BCUT2D eigenvalue weighted by molar-refractivity contribution is 4.49. The van der Waals surface area contributed by atoms with E-state index >= 15 is 0 Å². The topological polar surface area (TPSA) is 24.5 Å². The summed E-state index contributed by atoms with van der Waals surface area (Å²) in [5.41, 5.74) is 0. The predicted molar refractivity (Wildman–Crippen MR) is 48.2 cm³/mol. The van der Waals surface area contributed by atoms with Gasteiger partial charge in [-0.3, -0.25) is 0 Å². The van der Waals surface area contributed by atoms with Crippen molar-refractivity contribution in [1.82, 2.24) is 10.2 Å². The molecule has 0 saturated heterocycles. The molecule has 0 aromatic carbocycles. The fraction of sp³-hybridized carbons (Fsp3) is 1.00. The van der Waals surface area contributed by atoms with Gasteiger partial charge in [0.2, 0.25) is 0 Å². The van der Waals surface area contributed by atoms with Crippen LogP contribution in [-0.4, -0.2) is 58.3 Å². The molecule has 13 heavy (non-hydrogen) atoms. The van der Waals surface area contributed by atoms with E-state index in [1.54, 1.807) is 0 Å². The number of nitrogens with zero attached hydrogens (tertiary/aromatic N) is 1. The minimum absolute atomic E-state index is 0.345. The largest absolute Gasteiger partial charge is 0.374 e. The third-order valence-corrected chi connectivity index (χ3v) is 1.40. The van der Waals surface area contributed by atoms with Gasteiger partial charge in [0, 0.05) is 19.6 Å². The second-order valence-electron chi connectivity index (χ2n) is 3.02. The molecule has 0 aromatic heterocycles. The van der Waals surface area contributed by atoms with Crippen LogP contribution >= 0.6 is 0 Å². The summed E-state index contributed by atoms with van der Waals surface area (Å²) in [6, 6.07) is 0. The molecule has 3 nitrogen and oxygen atoms in total. The molecule has 0 aliphatic carbocycles. The Bertz CT molecular complexity index is 100. The lowest BCUT2D eigenvalue weighted by atomic mass is 10.5. The molecule has 0 atom stereocenters. The zero-order valence-corrected chi connectivity index (χ0v) is 8.22. The molecule has 5 heteroatoms. The number of hydrogen-bond donors (Lipinski definition) is 1. The molecule has 0 rings (SSSR count). The first-order valence-electron chi connectivity index (χ1n) is 4.34. The smallest absolute Gasteiger partial charge is 0.261 e. The van der Waals surface area contributed by atoms with Gasteiger partial charge >= 0.3 is 0 Å². The van der Waals surface area contributed by atoms with Gasteiger partial charge < -0.3 is 15.0 Å². The van der Waals surface area contributed by atoms with Gasteiger partial charge in [0.25, 0.3) is 6.43 Å². The minimum atomic E-state index is -2.36. The molecule has 1 N–H and O–H groups in total. The van der Waals surface area contributed by atoms with Crippen molar-refractivity contribution in [3.8, 4) is 0 Å². The van der Waals surface area contributed by atoms with Crippen LogP contribution in [-0.2, 0) is 4.74 Å². The quantitative estimate of drug-likeness (QED) is 0.569.